The van der Waals surface area contributed by atoms with Gasteiger partial charge >= 0.3 is 5.97 Å². The molecule has 0 aromatic rings. The molecule has 0 amide bonds. The molecule has 9 heteroatoms. The third-order valence-corrected chi connectivity index (χ3v) is 9.15. The number of carbonyl (C=O) groups excluding carboxylic acids is 3. The maximum absolute atomic E-state index is 17.2. The molecular weight excluding hydrogens is 435 g/mol. The molecule has 4 rings (SSSR count). The van der Waals surface area contributed by atoms with E-state index in [1.165, 1.54) is 19.1 Å². The summed E-state index contributed by atoms with van der Waals surface area (Å²) in [4.78, 5) is 36.3. The molecule has 182 valence electrons. The second-order valence-corrected chi connectivity index (χ2v) is 10.6. The Morgan fingerprint density at radius 2 is 1.88 bits per heavy atom. The van der Waals surface area contributed by atoms with Crippen LogP contribution in [0.5, 0.6) is 0 Å². The van der Waals surface area contributed by atoms with Gasteiger partial charge in [0.1, 0.15) is 11.7 Å². The summed E-state index contributed by atoms with van der Waals surface area (Å²) in [6.45, 7) is 5.14. The second kappa shape index (κ2) is 7.28. The van der Waals surface area contributed by atoms with E-state index in [1.54, 1.807) is 13.8 Å². The Bertz CT molecular complexity index is 976. The lowest BCUT2D eigenvalue weighted by Crippen LogP contribution is -2.74. The first-order valence-corrected chi connectivity index (χ1v) is 11.2. The number of rotatable bonds is 3. The van der Waals surface area contributed by atoms with Crippen LogP contribution < -0.4 is 0 Å². The summed E-state index contributed by atoms with van der Waals surface area (Å²) in [6, 6.07) is 0. The fraction of sp³-hybridized carbons (Fsp3) is 0.708. The smallest absolute Gasteiger partial charge is 0.303 e. The number of ketones is 2. The number of aliphatic hydroxyl groups is 4. The van der Waals surface area contributed by atoms with Crippen LogP contribution in [0.3, 0.4) is 0 Å². The zero-order valence-electron chi connectivity index (χ0n) is 19.1. The molecule has 0 saturated heterocycles. The van der Waals surface area contributed by atoms with Gasteiger partial charge in [-0.05, 0) is 49.3 Å². The van der Waals surface area contributed by atoms with Crippen molar-refractivity contribution in [1.29, 1.82) is 0 Å². The zero-order chi connectivity index (χ0) is 24.7. The molecule has 0 radical (unpaired) electrons. The highest BCUT2D eigenvalue weighted by Crippen LogP contribution is 2.70. The lowest BCUT2D eigenvalue weighted by atomic mass is 9.43. The van der Waals surface area contributed by atoms with Gasteiger partial charge in [0.25, 0.3) is 0 Å². The van der Waals surface area contributed by atoms with E-state index in [9.17, 15) is 34.8 Å². The van der Waals surface area contributed by atoms with Crippen LogP contribution in [0.4, 0.5) is 4.39 Å². The number of ether oxygens (including phenoxy) is 1. The molecule has 3 fully saturated rings. The van der Waals surface area contributed by atoms with Crippen molar-refractivity contribution >= 4 is 17.5 Å². The normalized spacial score (nSPS) is 50.7. The summed E-state index contributed by atoms with van der Waals surface area (Å²) in [5, 5.41) is 45.0. The summed E-state index contributed by atoms with van der Waals surface area (Å²) in [5.41, 5.74) is -7.46. The first-order chi connectivity index (χ1) is 15.2. The van der Waals surface area contributed by atoms with Gasteiger partial charge in [-0.3, -0.25) is 14.4 Å². The third kappa shape index (κ3) is 2.79. The monoisotopic (exact) mass is 466 g/mol. The molecule has 0 aromatic carbocycles. The summed E-state index contributed by atoms with van der Waals surface area (Å²) in [7, 11) is 0. The van der Waals surface area contributed by atoms with Crippen LogP contribution >= 0.6 is 0 Å². The van der Waals surface area contributed by atoms with Crippen LogP contribution in [-0.2, 0) is 19.1 Å². The minimum Gasteiger partial charge on any atom is -0.458 e. The summed E-state index contributed by atoms with van der Waals surface area (Å²) in [5.74, 6) is -4.72. The van der Waals surface area contributed by atoms with Crippen molar-refractivity contribution < 1.29 is 43.9 Å². The van der Waals surface area contributed by atoms with Crippen LogP contribution in [0.15, 0.2) is 23.8 Å². The molecule has 0 aromatic heterocycles. The molecule has 0 bridgehead atoms. The van der Waals surface area contributed by atoms with Crippen molar-refractivity contribution in [2.45, 2.75) is 70.1 Å². The quantitative estimate of drug-likeness (QED) is 0.438. The van der Waals surface area contributed by atoms with Gasteiger partial charge in [0.15, 0.2) is 18.1 Å². The van der Waals surface area contributed by atoms with Gasteiger partial charge in [0.05, 0.1) is 12.2 Å². The minimum atomic E-state index is -2.47. The lowest BCUT2D eigenvalue weighted by Gasteiger charge is -2.64. The van der Waals surface area contributed by atoms with Gasteiger partial charge in [0, 0.05) is 23.7 Å². The number of aliphatic hydroxyl groups excluding tert-OH is 3. The second-order valence-electron chi connectivity index (χ2n) is 10.6. The molecule has 4 aliphatic carbocycles. The number of hydrogen-bond acceptors (Lipinski definition) is 8. The van der Waals surface area contributed by atoms with E-state index >= 15 is 4.39 Å². The molecule has 4 N–H and O–H groups in total. The molecule has 8 nitrogen and oxygen atoms in total. The number of halogens is 1. The van der Waals surface area contributed by atoms with Crippen molar-refractivity contribution in [2.75, 3.05) is 6.61 Å². The Kier molecular flexibility index (Phi) is 5.34. The van der Waals surface area contributed by atoms with Crippen molar-refractivity contribution in [3.8, 4) is 0 Å². The van der Waals surface area contributed by atoms with E-state index in [2.05, 4.69) is 0 Å². The zero-order valence-corrected chi connectivity index (χ0v) is 19.1. The standard InChI is InChI=1S/C24H31FO8/c1-11-7-14-18-20(31)19(30)15-8-13(27)5-6-21(15,3)23(18,25)16(28)9-22(14,4)24(11,32)17(29)10-33-12(2)26/h5-6,8,11,14,16,18-20,28,30-32H,7,9-10H2,1-4H3/t11?,14-,16?,18+,19?,20?,21-,22-,23+,24-/m0/s1. The lowest BCUT2D eigenvalue weighted by molar-refractivity contribution is -0.252. The Morgan fingerprint density at radius 3 is 2.48 bits per heavy atom. The highest BCUT2D eigenvalue weighted by molar-refractivity contribution is 6.01. The Balaban J connectivity index is 1.84. The van der Waals surface area contributed by atoms with E-state index in [4.69, 9.17) is 4.74 Å². The van der Waals surface area contributed by atoms with Crippen LogP contribution in [0.2, 0.25) is 0 Å². The van der Waals surface area contributed by atoms with Crippen molar-refractivity contribution in [1.82, 2.24) is 0 Å². The fourth-order valence-corrected chi connectivity index (χ4v) is 7.44. The van der Waals surface area contributed by atoms with E-state index < -0.39 is 82.3 Å². The number of hydrogen-bond donors (Lipinski definition) is 4. The number of allylic oxidation sites excluding steroid dienone is 3. The average molecular weight is 467 g/mol. The molecule has 0 heterocycles. The van der Waals surface area contributed by atoms with Crippen molar-refractivity contribution in [3.05, 3.63) is 23.8 Å². The molecule has 0 aliphatic heterocycles. The molecule has 33 heavy (non-hydrogen) atoms. The van der Waals surface area contributed by atoms with Crippen molar-refractivity contribution in [2.24, 2.45) is 28.6 Å². The summed E-state index contributed by atoms with van der Waals surface area (Å²) in [6.07, 6.45) is -1.51. The van der Waals surface area contributed by atoms with Crippen LogP contribution in [0.25, 0.3) is 0 Å². The molecule has 10 atom stereocenters. The Labute approximate surface area is 191 Å². The van der Waals surface area contributed by atoms with Gasteiger partial charge in [0.2, 0.25) is 5.78 Å². The van der Waals surface area contributed by atoms with Gasteiger partial charge in [-0.15, -0.1) is 0 Å². The van der Waals surface area contributed by atoms with Crippen molar-refractivity contribution in [3.63, 3.8) is 0 Å². The Hall–Kier alpha value is -1.94. The maximum atomic E-state index is 17.2. The first kappa shape index (κ1) is 24.2. The van der Waals surface area contributed by atoms with Crippen LogP contribution in [0, 0.1) is 28.6 Å². The molecule has 0 spiro atoms. The number of alkyl halides is 1. The van der Waals surface area contributed by atoms with Gasteiger partial charge < -0.3 is 25.2 Å². The van der Waals surface area contributed by atoms with E-state index in [1.807, 2.05) is 0 Å². The third-order valence-electron chi connectivity index (χ3n) is 9.15. The number of fused-ring (bicyclic) bond motifs is 5. The number of Topliss-reactive ketones (excluding diaryl/α,β-unsaturated/α-hetero) is 1. The highest BCUT2D eigenvalue weighted by atomic mass is 19.1. The summed E-state index contributed by atoms with van der Waals surface area (Å²) >= 11 is 0. The van der Waals surface area contributed by atoms with E-state index in [0.29, 0.717) is 0 Å². The van der Waals surface area contributed by atoms with Crippen LogP contribution in [-0.4, -0.2) is 74.2 Å². The maximum Gasteiger partial charge on any atom is 0.303 e. The molecule has 4 aliphatic rings. The predicted molar refractivity (Wildman–Crippen MR) is 112 cm³/mol. The molecular formula is C24H31FO8. The Morgan fingerprint density at radius 1 is 1.24 bits per heavy atom. The molecule has 4 unspecified atom stereocenters. The summed E-state index contributed by atoms with van der Waals surface area (Å²) < 4.78 is 22.0. The first-order valence-electron chi connectivity index (χ1n) is 11.2. The fourth-order valence-electron chi connectivity index (χ4n) is 7.44. The SMILES string of the molecule is CC(=O)OCC(=O)[C@@]1(O)C(C)C[C@H]2[C@@H]3C(O)C(O)C4=CC(=O)C=C[C@]4(C)[C@@]3(F)C(O)C[C@@]21C. The predicted octanol–water partition coefficient (Wildman–Crippen LogP) is 0.408. The number of esters is 1. The van der Waals surface area contributed by atoms with Crippen LogP contribution in [0.1, 0.15) is 40.5 Å². The van der Waals surface area contributed by atoms with Gasteiger partial charge in [-0.2, -0.15) is 0 Å². The van der Waals surface area contributed by atoms with E-state index in [0.717, 1.165) is 13.0 Å². The van der Waals surface area contributed by atoms with Gasteiger partial charge in [-0.25, -0.2) is 4.39 Å². The average Bonchev–Trinajstić information content (AvgIpc) is 2.93. The topological polar surface area (TPSA) is 141 Å². The molecule has 3 saturated carbocycles. The largest absolute Gasteiger partial charge is 0.458 e. The minimum absolute atomic E-state index is 0.00357. The number of carbonyl (C=O) groups is 3. The van der Waals surface area contributed by atoms with Gasteiger partial charge in [-0.1, -0.05) is 19.9 Å². The highest BCUT2D eigenvalue weighted by Gasteiger charge is 2.78. The van der Waals surface area contributed by atoms with E-state index in [-0.39, 0.29) is 18.4 Å².